The summed E-state index contributed by atoms with van der Waals surface area (Å²) in [5, 5.41) is 0.572. The molecule has 0 fully saturated rings. The Morgan fingerprint density at radius 3 is 2.30 bits per heavy atom. The molecule has 0 atom stereocenters. The number of rotatable bonds is 2. The van der Waals surface area contributed by atoms with E-state index in [1.54, 1.807) is 12.1 Å². The molecule has 3 aromatic rings. The van der Waals surface area contributed by atoms with Crippen LogP contribution in [-0.4, -0.2) is 0 Å². The van der Waals surface area contributed by atoms with Crippen molar-refractivity contribution >= 4 is 23.4 Å². The fourth-order valence-corrected chi connectivity index (χ4v) is 2.19. The van der Waals surface area contributed by atoms with E-state index in [1.807, 2.05) is 42.5 Å². The monoisotopic (exact) mass is 287 g/mol. The standard InChI is InChI=1S/C16H13NO2.ClH/c17-10-13-15(18)12-8-4-5-9-14(12)19-16(13)11-6-2-1-3-7-11;/h1-9H,10,17H2;1H. The first-order chi connectivity index (χ1) is 9.31. The van der Waals surface area contributed by atoms with E-state index in [0.29, 0.717) is 22.3 Å². The lowest BCUT2D eigenvalue weighted by molar-refractivity contribution is 0.610. The number of nitrogens with two attached hydrogens (primary N) is 1. The molecule has 102 valence electrons. The molecular formula is C16H14ClNO2. The summed E-state index contributed by atoms with van der Waals surface area (Å²) < 4.78 is 5.87. The van der Waals surface area contributed by atoms with Crippen LogP contribution in [0.4, 0.5) is 0 Å². The average Bonchev–Trinajstić information content (AvgIpc) is 2.48. The molecule has 0 aliphatic rings. The first-order valence-corrected chi connectivity index (χ1v) is 6.11. The van der Waals surface area contributed by atoms with Crippen molar-refractivity contribution in [3.8, 4) is 11.3 Å². The van der Waals surface area contributed by atoms with Crippen LogP contribution >= 0.6 is 12.4 Å². The van der Waals surface area contributed by atoms with E-state index in [1.165, 1.54) is 0 Å². The molecule has 0 spiro atoms. The van der Waals surface area contributed by atoms with Crippen LogP contribution in [0.25, 0.3) is 22.3 Å². The van der Waals surface area contributed by atoms with Crippen LogP contribution in [-0.2, 0) is 6.54 Å². The predicted octanol–water partition coefficient (Wildman–Crippen LogP) is 3.34. The molecule has 0 amide bonds. The van der Waals surface area contributed by atoms with Crippen LogP contribution in [0, 0.1) is 0 Å². The zero-order valence-corrected chi connectivity index (χ0v) is 11.5. The van der Waals surface area contributed by atoms with Gasteiger partial charge in [0.1, 0.15) is 11.3 Å². The molecule has 2 aromatic carbocycles. The summed E-state index contributed by atoms with van der Waals surface area (Å²) in [6.45, 7) is 0.164. The lowest BCUT2D eigenvalue weighted by atomic mass is 10.0. The highest BCUT2D eigenvalue weighted by molar-refractivity contribution is 5.85. The summed E-state index contributed by atoms with van der Waals surface area (Å²) >= 11 is 0. The summed E-state index contributed by atoms with van der Waals surface area (Å²) in [4.78, 5) is 12.4. The highest BCUT2D eigenvalue weighted by Gasteiger charge is 2.14. The molecular weight excluding hydrogens is 274 g/mol. The topological polar surface area (TPSA) is 56.2 Å². The maximum absolute atomic E-state index is 12.4. The lowest BCUT2D eigenvalue weighted by Gasteiger charge is -2.08. The molecule has 0 unspecified atom stereocenters. The second-order valence-electron chi connectivity index (χ2n) is 4.31. The molecule has 0 saturated heterocycles. The van der Waals surface area contributed by atoms with Crippen molar-refractivity contribution in [2.45, 2.75) is 6.54 Å². The molecule has 1 heterocycles. The van der Waals surface area contributed by atoms with Crippen LogP contribution in [0.15, 0.2) is 63.8 Å². The van der Waals surface area contributed by atoms with E-state index in [0.717, 1.165) is 5.56 Å². The van der Waals surface area contributed by atoms with Gasteiger partial charge in [-0.25, -0.2) is 0 Å². The highest BCUT2D eigenvalue weighted by atomic mass is 35.5. The van der Waals surface area contributed by atoms with Gasteiger partial charge >= 0.3 is 0 Å². The number of halogens is 1. The largest absolute Gasteiger partial charge is 0.455 e. The zero-order chi connectivity index (χ0) is 13.2. The lowest BCUT2D eigenvalue weighted by Crippen LogP contribution is -2.14. The third-order valence-electron chi connectivity index (χ3n) is 3.13. The normalized spacial score (nSPS) is 10.2. The molecule has 3 rings (SSSR count). The van der Waals surface area contributed by atoms with E-state index in [9.17, 15) is 4.79 Å². The number of fused-ring (bicyclic) bond motifs is 1. The molecule has 0 aliphatic carbocycles. The molecule has 2 N–H and O–H groups in total. The van der Waals surface area contributed by atoms with Crippen molar-refractivity contribution in [2.75, 3.05) is 0 Å². The average molecular weight is 288 g/mol. The minimum Gasteiger partial charge on any atom is -0.455 e. The van der Waals surface area contributed by atoms with Crippen LogP contribution in [0.1, 0.15) is 5.56 Å². The second kappa shape index (κ2) is 5.90. The first kappa shape index (κ1) is 14.3. The minimum atomic E-state index is -0.0526. The fourth-order valence-electron chi connectivity index (χ4n) is 2.19. The van der Waals surface area contributed by atoms with Crippen molar-refractivity contribution < 1.29 is 4.42 Å². The van der Waals surface area contributed by atoms with Crippen LogP contribution in [0.2, 0.25) is 0 Å². The Hall–Kier alpha value is -2.10. The highest BCUT2D eigenvalue weighted by Crippen LogP contribution is 2.25. The molecule has 0 bridgehead atoms. The molecule has 0 saturated carbocycles. The van der Waals surface area contributed by atoms with Crippen molar-refractivity contribution in [3.63, 3.8) is 0 Å². The van der Waals surface area contributed by atoms with Gasteiger partial charge in [0, 0.05) is 12.1 Å². The SMILES string of the molecule is Cl.NCc1c(-c2ccccc2)oc2ccccc2c1=O. The fraction of sp³-hybridized carbons (Fsp3) is 0.0625. The van der Waals surface area contributed by atoms with E-state index < -0.39 is 0 Å². The quantitative estimate of drug-likeness (QED) is 0.786. The van der Waals surface area contributed by atoms with Gasteiger partial charge in [-0.3, -0.25) is 4.79 Å². The van der Waals surface area contributed by atoms with E-state index in [4.69, 9.17) is 10.2 Å². The summed E-state index contributed by atoms with van der Waals surface area (Å²) in [6, 6.07) is 16.8. The van der Waals surface area contributed by atoms with Crippen LogP contribution in [0.5, 0.6) is 0 Å². The van der Waals surface area contributed by atoms with Crippen molar-refractivity contribution in [3.05, 3.63) is 70.4 Å². The van der Waals surface area contributed by atoms with Gasteiger partial charge in [0.25, 0.3) is 0 Å². The number of benzene rings is 2. The van der Waals surface area contributed by atoms with Gasteiger partial charge in [0.05, 0.1) is 10.9 Å². The summed E-state index contributed by atoms with van der Waals surface area (Å²) in [6.07, 6.45) is 0. The third kappa shape index (κ3) is 2.33. The van der Waals surface area contributed by atoms with Crippen molar-refractivity contribution in [1.82, 2.24) is 0 Å². The molecule has 1 aromatic heterocycles. The van der Waals surface area contributed by atoms with Gasteiger partial charge in [0.15, 0.2) is 5.43 Å². The van der Waals surface area contributed by atoms with E-state index >= 15 is 0 Å². The Morgan fingerprint density at radius 1 is 0.950 bits per heavy atom. The summed E-state index contributed by atoms with van der Waals surface area (Å²) in [7, 11) is 0. The van der Waals surface area contributed by atoms with Gasteiger partial charge < -0.3 is 10.2 Å². The Balaban J connectivity index is 0.00000147. The predicted molar refractivity (Wildman–Crippen MR) is 83.1 cm³/mol. The molecule has 20 heavy (non-hydrogen) atoms. The van der Waals surface area contributed by atoms with E-state index in [2.05, 4.69) is 0 Å². The summed E-state index contributed by atoms with van der Waals surface area (Å²) in [5.74, 6) is 0.562. The molecule has 0 aliphatic heterocycles. The van der Waals surface area contributed by atoms with Crippen molar-refractivity contribution in [2.24, 2.45) is 5.73 Å². The molecule has 0 radical (unpaired) electrons. The Bertz CT molecular complexity index is 781. The Morgan fingerprint density at radius 2 is 1.60 bits per heavy atom. The Kier molecular flexibility index (Phi) is 4.23. The first-order valence-electron chi connectivity index (χ1n) is 6.11. The van der Waals surface area contributed by atoms with Crippen LogP contribution < -0.4 is 11.2 Å². The minimum absolute atomic E-state index is 0. The summed E-state index contributed by atoms with van der Waals surface area (Å²) in [5.41, 5.74) is 7.64. The number of hydrogen-bond acceptors (Lipinski definition) is 3. The zero-order valence-electron chi connectivity index (χ0n) is 10.7. The Labute approximate surface area is 122 Å². The van der Waals surface area contributed by atoms with Crippen molar-refractivity contribution in [1.29, 1.82) is 0 Å². The van der Waals surface area contributed by atoms with Gasteiger partial charge in [0.2, 0.25) is 0 Å². The second-order valence-corrected chi connectivity index (χ2v) is 4.31. The molecule has 4 heteroatoms. The van der Waals surface area contributed by atoms with E-state index in [-0.39, 0.29) is 24.4 Å². The number of hydrogen-bond donors (Lipinski definition) is 1. The van der Waals surface area contributed by atoms with Gasteiger partial charge in [-0.05, 0) is 12.1 Å². The van der Waals surface area contributed by atoms with Crippen LogP contribution in [0.3, 0.4) is 0 Å². The van der Waals surface area contributed by atoms with Gasteiger partial charge in [-0.1, -0.05) is 42.5 Å². The smallest absolute Gasteiger partial charge is 0.197 e. The maximum Gasteiger partial charge on any atom is 0.197 e. The number of para-hydroxylation sites is 1. The van der Waals surface area contributed by atoms with Gasteiger partial charge in [-0.15, -0.1) is 12.4 Å². The maximum atomic E-state index is 12.4. The van der Waals surface area contributed by atoms with Gasteiger partial charge in [-0.2, -0.15) is 0 Å². The third-order valence-corrected chi connectivity index (χ3v) is 3.13. The molecule has 3 nitrogen and oxygen atoms in total.